The minimum absolute atomic E-state index is 0.228. The molecule has 0 atom stereocenters. The Hall–Kier alpha value is -5.82. The van der Waals surface area contributed by atoms with Crippen molar-refractivity contribution < 1.29 is 14.3 Å². The molecule has 0 fully saturated rings. The molecule has 0 saturated heterocycles. The van der Waals surface area contributed by atoms with Gasteiger partial charge in [0.1, 0.15) is 5.56 Å². The molecule has 2 aromatic carbocycles. The highest BCUT2D eigenvalue weighted by Gasteiger charge is 2.20. The summed E-state index contributed by atoms with van der Waals surface area (Å²) in [7, 11) is 0. The lowest BCUT2D eigenvalue weighted by Crippen LogP contribution is -2.07. The Balaban J connectivity index is 1.66. The fourth-order valence-electron chi connectivity index (χ4n) is 5.82. The number of nitrogens with zero attached hydrogens (tertiary/aromatic N) is 2. The number of carbonyl (C=O) groups is 2. The number of esters is 1. The highest BCUT2D eigenvalue weighted by Crippen LogP contribution is 2.34. The number of carbonyl (C=O) groups excluding carboxylic acids is 2. The summed E-state index contributed by atoms with van der Waals surface area (Å²) < 4.78 is 5.54. The van der Waals surface area contributed by atoms with E-state index in [1.807, 2.05) is 111 Å². The molecular weight excluding hydrogens is 560 g/mol. The van der Waals surface area contributed by atoms with Gasteiger partial charge < -0.3 is 14.7 Å². The quantitative estimate of drug-likeness (QED) is 0.154. The van der Waals surface area contributed by atoms with Gasteiger partial charge in [0.25, 0.3) is 0 Å². The topological polar surface area (TPSA) is 101 Å². The first-order chi connectivity index (χ1) is 21.9. The number of hydrogen-bond acceptors (Lipinski definition) is 5. The van der Waals surface area contributed by atoms with Crippen molar-refractivity contribution in [1.29, 1.82) is 0 Å². The Morgan fingerprint density at radius 2 is 1.11 bits per heavy atom. The molecule has 2 aliphatic rings. The van der Waals surface area contributed by atoms with Crippen LogP contribution in [0.1, 0.15) is 61.5 Å². The van der Waals surface area contributed by atoms with Gasteiger partial charge in [-0.1, -0.05) is 59.7 Å². The molecule has 7 rings (SSSR count). The Morgan fingerprint density at radius 1 is 0.644 bits per heavy atom. The molecule has 7 nitrogen and oxygen atoms in total. The molecule has 3 aromatic heterocycles. The van der Waals surface area contributed by atoms with Crippen molar-refractivity contribution in [2.24, 2.45) is 0 Å². The van der Waals surface area contributed by atoms with Crippen LogP contribution in [0.3, 0.4) is 0 Å². The van der Waals surface area contributed by atoms with Gasteiger partial charge in [-0.3, -0.25) is 4.79 Å². The second kappa shape index (κ2) is 11.4. The van der Waals surface area contributed by atoms with E-state index in [-0.39, 0.29) is 6.61 Å². The number of benzene rings is 2. The molecule has 220 valence electrons. The molecule has 0 radical (unpaired) electrons. The molecule has 0 unspecified atom stereocenters. The predicted octanol–water partition coefficient (Wildman–Crippen LogP) is 8.60. The monoisotopic (exact) mass is 590 g/mol. The van der Waals surface area contributed by atoms with E-state index in [9.17, 15) is 9.59 Å². The predicted molar refractivity (Wildman–Crippen MR) is 181 cm³/mol. The molecule has 0 amide bonds. The van der Waals surface area contributed by atoms with Crippen molar-refractivity contribution in [2.45, 2.75) is 20.8 Å². The smallest absolute Gasteiger partial charge is 0.342 e. The second-order valence-corrected chi connectivity index (χ2v) is 11.1. The fraction of sp³-hybridized carbons (Fsp3) is 0.105. The first-order valence-corrected chi connectivity index (χ1v) is 14.9. The van der Waals surface area contributed by atoms with Crippen molar-refractivity contribution >= 4 is 58.6 Å². The first kappa shape index (κ1) is 28.0. The van der Waals surface area contributed by atoms with Crippen LogP contribution < -0.4 is 0 Å². The Kier molecular flexibility index (Phi) is 7.06. The molecule has 0 saturated carbocycles. The van der Waals surface area contributed by atoms with Crippen molar-refractivity contribution in [2.75, 3.05) is 6.61 Å². The number of hydrogen-bond donors (Lipinski definition) is 2. The summed E-state index contributed by atoms with van der Waals surface area (Å²) >= 11 is 0. The zero-order valence-corrected chi connectivity index (χ0v) is 25.1. The van der Waals surface area contributed by atoms with Crippen LogP contribution in [-0.2, 0) is 4.74 Å². The van der Waals surface area contributed by atoms with Crippen LogP contribution in [0, 0.1) is 13.8 Å². The summed E-state index contributed by atoms with van der Waals surface area (Å²) in [6.45, 7) is 6.10. The van der Waals surface area contributed by atoms with Crippen LogP contribution in [0.4, 0.5) is 0 Å². The van der Waals surface area contributed by atoms with Crippen LogP contribution in [0.5, 0.6) is 0 Å². The molecule has 7 heteroatoms. The minimum atomic E-state index is -0.466. The number of aldehydes is 1. The molecule has 2 N–H and O–H groups in total. The Bertz CT molecular complexity index is 2170. The van der Waals surface area contributed by atoms with Gasteiger partial charge in [-0.25, -0.2) is 14.8 Å². The fourth-order valence-corrected chi connectivity index (χ4v) is 5.82. The van der Waals surface area contributed by atoms with E-state index < -0.39 is 5.97 Å². The number of rotatable bonds is 5. The number of H-pyrrole nitrogens is 2. The summed E-state index contributed by atoms with van der Waals surface area (Å²) in [6, 6.07) is 24.0. The molecule has 0 aliphatic carbocycles. The van der Waals surface area contributed by atoms with E-state index in [1.54, 1.807) is 6.92 Å². The number of fused-ring (bicyclic) bond motifs is 8. The summed E-state index contributed by atoms with van der Waals surface area (Å²) in [4.78, 5) is 43.0. The minimum Gasteiger partial charge on any atom is -0.462 e. The number of nitrogens with one attached hydrogen (secondary N) is 2. The molecule has 5 heterocycles. The zero-order valence-electron chi connectivity index (χ0n) is 25.1. The van der Waals surface area contributed by atoms with Crippen LogP contribution >= 0.6 is 0 Å². The van der Waals surface area contributed by atoms with Gasteiger partial charge in [0.15, 0.2) is 6.29 Å². The number of aryl methyl sites for hydroxylation is 2. The summed E-state index contributed by atoms with van der Waals surface area (Å²) in [5, 5.41) is 0. The lowest BCUT2D eigenvalue weighted by atomic mass is 10.0. The van der Waals surface area contributed by atoms with E-state index in [0.717, 1.165) is 50.7 Å². The van der Waals surface area contributed by atoms with Gasteiger partial charge in [-0.05, 0) is 80.5 Å². The van der Waals surface area contributed by atoms with Gasteiger partial charge in [-0.15, -0.1) is 0 Å². The molecular formula is C38H30N4O3. The average molecular weight is 591 g/mol. The van der Waals surface area contributed by atoms with Gasteiger partial charge in [0.05, 0.1) is 46.0 Å². The zero-order chi connectivity index (χ0) is 31.1. The van der Waals surface area contributed by atoms with Crippen LogP contribution in [0.2, 0.25) is 0 Å². The molecule has 2 aliphatic heterocycles. The van der Waals surface area contributed by atoms with E-state index in [2.05, 4.69) is 9.97 Å². The highest BCUT2D eigenvalue weighted by atomic mass is 16.5. The maximum atomic E-state index is 13.5. The van der Waals surface area contributed by atoms with Crippen LogP contribution in [-0.4, -0.2) is 38.8 Å². The van der Waals surface area contributed by atoms with Crippen molar-refractivity contribution in [3.63, 3.8) is 0 Å². The Labute approximate surface area is 260 Å². The van der Waals surface area contributed by atoms with Gasteiger partial charge >= 0.3 is 5.97 Å². The van der Waals surface area contributed by atoms with Crippen molar-refractivity contribution in [3.8, 4) is 22.3 Å². The largest absolute Gasteiger partial charge is 0.462 e. The lowest BCUT2D eigenvalue weighted by Gasteiger charge is -2.06. The maximum absolute atomic E-state index is 13.5. The number of aromatic amines is 2. The van der Waals surface area contributed by atoms with E-state index in [0.29, 0.717) is 44.9 Å². The third-order valence-corrected chi connectivity index (χ3v) is 8.07. The number of ether oxygens (including phenoxy) is 1. The second-order valence-electron chi connectivity index (χ2n) is 11.1. The van der Waals surface area contributed by atoms with Crippen molar-refractivity contribution in [1.82, 2.24) is 19.9 Å². The standard InChI is InChI=1S/C38H30N4O3/c1-4-45-38(44)37-33-19-17-31(41-33)35(24-9-5-22(2)6-10-24)29-15-13-27(39-29)26(21-43)28-14-16-30(40-28)36(32-18-20-34(37)42-32)25-11-7-23(3)8-12-25/h5-21,39,42H,4H2,1-3H3. The summed E-state index contributed by atoms with van der Waals surface area (Å²) in [6.07, 6.45) is 8.37. The summed E-state index contributed by atoms with van der Waals surface area (Å²) in [5.74, 6) is -0.466. The third-order valence-electron chi connectivity index (χ3n) is 8.07. The van der Waals surface area contributed by atoms with Crippen molar-refractivity contribution in [3.05, 3.63) is 118 Å². The highest BCUT2D eigenvalue weighted by molar-refractivity contribution is 6.04. The van der Waals surface area contributed by atoms with Gasteiger partial charge in [0.2, 0.25) is 0 Å². The van der Waals surface area contributed by atoms with E-state index in [4.69, 9.17) is 14.7 Å². The normalized spacial score (nSPS) is 12.0. The van der Waals surface area contributed by atoms with E-state index >= 15 is 0 Å². The molecule has 8 bridgehead atoms. The number of aromatic nitrogens is 4. The van der Waals surface area contributed by atoms with Gasteiger partial charge in [0, 0.05) is 22.2 Å². The Morgan fingerprint density at radius 3 is 1.67 bits per heavy atom. The molecule has 0 spiro atoms. The van der Waals surface area contributed by atoms with Gasteiger partial charge in [-0.2, -0.15) is 0 Å². The maximum Gasteiger partial charge on any atom is 0.342 e. The van der Waals surface area contributed by atoms with Crippen LogP contribution in [0.15, 0.2) is 72.8 Å². The van der Waals surface area contributed by atoms with E-state index in [1.165, 1.54) is 0 Å². The third kappa shape index (κ3) is 5.08. The van der Waals surface area contributed by atoms with Crippen LogP contribution in [0.25, 0.3) is 68.6 Å². The lowest BCUT2D eigenvalue weighted by molar-refractivity contribution is 0.0527. The molecule has 5 aromatic rings. The first-order valence-electron chi connectivity index (χ1n) is 14.9. The SMILES string of the molecule is CCOC(=O)c1c2nc(c(-c3ccc(C)cc3)c3ccc([nH]3)c(C=O)c3nc(c(-c4ccc(C)cc4)c4ccc1[nH]4)C=C3)C=C2. The summed E-state index contributed by atoms with van der Waals surface area (Å²) in [5.41, 5.74) is 11.8. The average Bonchev–Trinajstić information content (AvgIpc) is 3.86. The molecule has 45 heavy (non-hydrogen) atoms.